The van der Waals surface area contributed by atoms with Gasteiger partial charge in [-0.15, -0.1) is 0 Å². The van der Waals surface area contributed by atoms with E-state index in [9.17, 15) is 9.59 Å². The average Bonchev–Trinajstić information content (AvgIpc) is 3.24. The summed E-state index contributed by atoms with van der Waals surface area (Å²) in [6, 6.07) is 3.68. The number of aryl methyl sites for hydroxylation is 3. The van der Waals surface area contributed by atoms with Crippen LogP contribution in [0.2, 0.25) is 0 Å². The van der Waals surface area contributed by atoms with Gasteiger partial charge in [-0.05, 0) is 38.5 Å². The first kappa shape index (κ1) is 22.8. The molecule has 3 N–H and O–H groups in total. The molecule has 0 fully saturated rings. The number of rotatable bonds is 6. The smallest absolute Gasteiger partial charge is 0.270 e. The summed E-state index contributed by atoms with van der Waals surface area (Å²) in [6.45, 7) is 5.51. The van der Waals surface area contributed by atoms with Crippen LogP contribution in [0.5, 0.6) is 0 Å². The van der Waals surface area contributed by atoms with Crippen LogP contribution in [0.3, 0.4) is 0 Å². The van der Waals surface area contributed by atoms with Crippen LogP contribution in [-0.4, -0.2) is 47.7 Å². The molecule has 4 aromatic heterocycles. The number of hydrogen-bond acceptors (Lipinski definition) is 8. The number of aromatic amines is 1. The highest BCUT2D eigenvalue weighted by molar-refractivity contribution is 5.95. The van der Waals surface area contributed by atoms with Crippen LogP contribution in [-0.2, 0) is 13.6 Å². The van der Waals surface area contributed by atoms with E-state index in [1.165, 1.54) is 0 Å². The summed E-state index contributed by atoms with van der Waals surface area (Å²) in [5, 5.41) is 9.91. The third-order valence-corrected chi connectivity index (χ3v) is 5.48. The van der Waals surface area contributed by atoms with Gasteiger partial charge in [0.25, 0.3) is 11.5 Å². The number of nitrogens with one attached hydrogen (secondary N) is 3. The molecule has 0 aliphatic rings. The van der Waals surface area contributed by atoms with Crippen molar-refractivity contribution in [1.82, 2.24) is 40.0 Å². The van der Waals surface area contributed by atoms with Gasteiger partial charge in [-0.25, -0.2) is 19.9 Å². The van der Waals surface area contributed by atoms with E-state index in [-0.39, 0.29) is 17.8 Å². The average molecular weight is 460 g/mol. The number of aromatic nitrogens is 7. The molecule has 0 aromatic carbocycles. The number of H-pyrrole nitrogens is 1. The molecule has 0 unspecified atom stereocenters. The van der Waals surface area contributed by atoms with Crippen molar-refractivity contribution in [2.75, 3.05) is 12.4 Å². The number of hydrogen-bond donors (Lipinski definition) is 3. The summed E-state index contributed by atoms with van der Waals surface area (Å²) in [5.74, 6) is 0.343. The fourth-order valence-corrected chi connectivity index (χ4v) is 3.65. The van der Waals surface area contributed by atoms with Crippen molar-refractivity contribution in [3.63, 3.8) is 0 Å². The van der Waals surface area contributed by atoms with Crippen molar-refractivity contribution in [3.05, 3.63) is 69.2 Å². The molecule has 0 spiro atoms. The van der Waals surface area contributed by atoms with Gasteiger partial charge in [0, 0.05) is 56.1 Å². The molecule has 1 amide bonds. The Hall–Kier alpha value is -4.41. The molecule has 0 aliphatic carbocycles. The summed E-state index contributed by atoms with van der Waals surface area (Å²) >= 11 is 0. The molecule has 11 heteroatoms. The van der Waals surface area contributed by atoms with Crippen molar-refractivity contribution < 1.29 is 4.79 Å². The van der Waals surface area contributed by atoms with Gasteiger partial charge < -0.3 is 15.6 Å². The second-order valence-electron chi connectivity index (χ2n) is 7.88. The van der Waals surface area contributed by atoms with Gasteiger partial charge in [-0.2, -0.15) is 5.10 Å². The molecular weight excluding hydrogens is 434 g/mol. The lowest BCUT2D eigenvalue weighted by Gasteiger charge is -2.14. The summed E-state index contributed by atoms with van der Waals surface area (Å²) in [7, 11) is 3.52. The molecule has 0 radical (unpaired) electrons. The Kier molecular flexibility index (Phi) is 6.17. The Morgan fingerprint density at radius 1 is 1.15 bits per heavy atom. The lowest BCUT2D eigenvalue weighted by atomic mass is 10.1. The van der Waals surface area contributed by atoms with Gasteiger partial charge in [0.15, 0.2) is 5.82 Å². The van der Waals surface area contributed by atoms with E-state index in [0.29, 0.717) is 34.2 Å². The number of carbonyl (C=O) groups excluding carboxylic acids is 1. The second kappa shape index (κ2) is 9.22. The van der Waals surface area contributed by atoms with Crippen LogP contribution in [0.25, 0.3) is 22.8 Å². The van der Waals surface area contributed by atoms with E-state index in [4.69, 9.17) is 4.98 Å². The number of nitrogens with zero attached hydrogens (tertiary/aromatic N) is 6. The highest BCUT2D eigenvalue weighted by Crippen LogP contribution is 2.26. The standard InChI is InChI=1S/C23H25N9O2/c1-12-8-13(2)29-21(33)16(12)11-25-22(34)19-14(3)18(17-6-7-28-32(17)5)30-20(31-19)15-9-26-23(24-4)27-10-15/h6-10H,11H2,1-5H3,(H,25,34)(H,29,33)(H,24,26,27). The van der Waals surface area contributed by atoms with Gasteiger partial charge >= 0.3 is 0 Å². The Labute approximate surface area is 195 Å². The van der Waals surface area contributed by atoms with Crippen molar-refractivity contribution in [3.8, 4) is 22.8 Å². The molecule has 34 heavy (non-hydrogen) atoms. The molecule has 0 bridgehead atoms. The van der Waals surface area contributed by atoms with E-state index in [2.05, 4.69) is 35.7 Å². The van der Waals surface area contributed by atoms with Gasteiger partial charge in [-0.1, -0.05) is 0 Å². The maximum atomic E-state index is 13.2. The highest BCUT2D eigenvalue weighted by atomic mass is 16.2. The number of carbonyl (C=O) groups is 1. The zero-order chi connectivity index (χ0) is 24.4. The Balaban J connectivity index is 1.75. The van der Waals surface area contributed by atoms with Crippen molar-refractivity contribution in [1.29, 1.82) is 0 Å². The SMILES string of the molecule is CNc1ncc(-c2nc(C(=O)NCc3c(C)cc(C)[nH]c3=O)c(C)c(-c3ccnn3C)n2)cn1. The van der Waals surface area contributed by atoms with Crippen LogP contribution >= 0.6 is 0 Å². The Bertz CT molecular complexity index is 1420. The monoisotopic (exact) mass is 459 g/mol. The predicted octanol–water partition coefficient (Wildman–Crippen LogP) is 1.92. The van der Waals surface area contributed by atoms with Crippen LogP contribution in [0.4, 0.5) is 5.95 Å². The van der Waals surface area contributed by atoms with Crippen LogP contribution in [0.1, 0.15) is 32.9 Å². The van der Waals surface area contributed by atoms with Gasteiger partial charge in [0.2, 0.25) is 5.95 Å². The lowest BCUT2D eigenvalue weighted by Crippen LogP contribution is -2.29. The minimum absolute atomic E-state index is 0.0695. The number of anilines is 1. The molecule has 4 aromatic rings. The third kappa shape index (κ3) is 4.40. The van der Waals surface area contributed by atoms with Crippen LogP contribution in [0, 0.1) is 20.8 Å². The highest BCUT2D eigenvalue weighted by Gasteiger charge is 2.21. The van der Waals surface area contributed by atoms with E-state index < -0.39 is 5.91 Å². The zero-order valence-corrected chi connectivity index (χ0v) is 19.6. The van der Waals surface area contributed by atoms with Gasteiger partial charge in [-0.3, -0.25) is 14.3 Å². The van der Waals surface area contributed by atoms with Crippen molar-refractivity contribution in [2.45, 2.75) is 27.3 Å². The van der Waals surface area contributed by atoms with Gasteiger partial charge in [0.1, 0.15) is 5.69 Å². The Morgan fingerprint density at radius 2 is 1.88 bits per heavy atom. The van der Waals surface area contributed by atoms with Crippen molar-refractivity contribution in [2.24, 2.45) is 7.05 Å². The first-order valence-corrected chi connectivity index (χ1v) is 10.6. The van der Waals surface area contributed by atoms with Crippen molar-refractivity contribution >= 4 is 11.9 Å². The van der Waals surface area contributed by atoms with Crippen LogP contribution < -0.4 is 16.2 Å². The largest absolute Gasteiger partial charge is 0.357 e. The first-order valence-electron chi connectivity index (χ1n) is 10.6. The van der Waals surface area contributed by atoms with Crippen LogP contribution in [0.15, 0.2) is 35.5 Å². The summed E-state index contributed by atoms with van der Waals surface area (Å²) in [4.78, 5) is 46.0. The number of pyridine rings is 1. The molecule has 0 atom stereocenters. The van der Waals surface area contributed by atoms with E-state index in [1.807, 2.05) is 26.0 Å². The fourth-order valence-electron chi connectivity index (χ4n) is 3.65. The maximum absolute atomic E-state index is 13.2. The summed E-state index contributed by atoms with van der Waals surface area (Å²) in [6.07, 6.45) is 4.84. The molecule has 0 aliphatic heterocycles. The number of amides is 1. The minimum atomic E-state index is -0.420. The first-order chi connectivity index (χ1) is 16.3. The Morgan fingerprint density at radius 3 is 2.50 bits per heavy atom. The molecular formula is C23H25N9O2. The zero-order valence-electron chi connectivity index (χ0n) is 19.6. The molecule has 174 valence electrons. The van der Waals surface area contributed by atoms with Gasteiger partial charge in [0.05, 0.1) is 17.0 Å². The van der Waals surface area contributed by atoms with E-state index in [0.717, 1.165) is 17.0 Å². The summed E-state index contributed by atoms with van der Waals surface area (Å²) < 4.78 is 1.68. The fraction of sp³-hybridized carbons (Fsp3) is 0.261. The molecule has 4 heterocycles. The minimum Gasteiger partial charge on any atom is -0.357 e. The summed E-state index contributed by atoms with van der Waals surface area (Å²) in [5.41, 5.74) is 4.48. The lowest BCUT2D eigenvalue weighted by molar-refractivity contribution is 0.0945. The second-order valence-corrected chi connectivity index (χ2v) is 7.88. The third-order valence-electron chi connectivity index (χ3n) is 5.48. The van der Waals surface area contributed by atoms with E-state index >= 15 is 0 Å². The molecule has 11 nitrogen and oxygen atoms in total. The maximum Gasteiger partial charge on any atom is 0.270 e. The quantitative estimate of drug-likeness (QED) is 0.397. The predicted molar refractivity (Wildman–Crippen MR) is 127 cm³/mol. The molecule has 0 saturated carbocycles. The molecule has 0 saturated heterocycles. The topological polar surface area (TPSA) is 143 Å². The molecule has 4 rings (SSSR count). The van der Waals surface area contributed by atoms with E-state index in [1.54, 1.807) is 44.3 Å². The normalized spacial score (nSPS) is 10.9.